The number of thioether (sulfide) groups is 1. The van der Waals surface area contributed by atoms with Crippen LogP contribution < -0.4 is 5.32 Å². The van der Waals surface area contributed by atoms with Crippen LogP contribution in [0, 0.1) is 0 Å². The number of aliphatic carboxylic acids is 1. The van der Waals surface area contributed by atoms with Crippen molar-refractivity contribution in [3.05, 3.63) is 28.8 Å². The first-order valence-corrected chi connectivity index (χ1v) is 7.32. The van der Waals surface area contributed by atoms with E-state index in [0.717, 1.165) is 10.6 Å². The molecular weight excluding hydrogens is 286 g/mol. The van der Waals surface area contributed by atoms with Crippen molar-refractivity contribution in [3.63, 3.8) is 0 Å². The number of hydrogen-bond donors (Lipinski definition) is 2. The Morgan fingerprint density at radius 2 is 2.11 bits per heavy atom. The van der Waals surface area contributed by atoms with Crippen molar-refractivity contribution >= 4 is 35.2 Å². The summed E-state index contributed by atoms with van der Waals surface area (Å²) in [6.07, 6.45) is 0.331. The Hall–Kier alpha value is -1.20. The van der Waals surface area contributed by atoms with Gasteiger partial charge in [0, 0.05) is 9.92 Å². The van der Waals surface area contributed by atoms with Crippen molar-refractivity contribution in [2.24, 2.45) is 0 Å². The summed E-state index contributed by atoms with van der Waals surface area (Å²) in [5, 5.41) is 11.9. The van der Waals surface area contributed by atoms with Crippen LogP contribution in [0.2, 0.25) is 5.02 Å². The predicted molar refractivity (Wildman–Crippen MR) is 77.0 cm³/mol. The molecule has 0 saturated carbocycles. The second-order valence-electron chi connectivity index (χ2n) is 3.85. The first kappa shape index (κ1) is 15.9. The summed E-state index contributed by atoms with van der Waals surface area (Å²) < 4.78 is 0. The van der Waals surface area contributed by atoms with Gasteiger partial charge in [-0.1, -0.05) is 25.4 Å². The molecule has 1 amide bonds. The van der Waals surface area contributed by atoms with E-state index in [1.165, 1.54) is 11.8 Å². The van der Waals surface area contributed by atoms with Gasteiger partial charge in [0.2, 0.25) is 0 Å². The average Bonchev–Trinajstić information content (AvgIpc) is 2.37. The van der Waals surface area contributed by atoms with Crippen LogP contribution in [0.25, 0.3) is 0 Å². The van der Waals surface area contributed by atoms with Gasteiger partial charge in [-0.2, -0.15) is 0 Å². The maximum Gasteiger partial charge on any atom is 0.326 e. The van der Waals surface area contributed by atoms with Crippen LogP contribution in [0.3, 0.4) is 0 Å². The third kappa shape index (κ3) is 4.44. The van der Waals surface area contributed by atoms with Gasteiger partial charge in [-0.25, -0.2) is 4.79 Å². The summed E-state index contributed by atoms with van der Waals surface area (Å²) in [5.41, 5.74) is 0.416. The third-order valence-corrected chi connectivity index (χ3v) is 3.69. The molecule has 0 bridgehead atoms. The van der Waals surface area contributed by atoms with Crippen LogP contribution in [-0.4, -0.2) is 28.8 Å². The van der Waals surface area contributed by atoms with Crippen molar-refractivity contribution in [2.75, 3.05) is 5.75 Å². The highest BCUT2D eigenvalue weighted by Crippen LogP contribution is 2.25. The maximum absolute atomic E-state index is 12.1. The smallest absolute Gasteiger partial charge is 0.326 e. The minimum absolute atomic E-state index is 0.331. The molecule has 1 rings (SSSR count). The zero-order chi connectivity index (χ0) is 14.4. The molecule has 2 N–H and O–H groups in total. The molecule has 1 unspecified atom stereocenters. The normalized spacial score (nSPS) is 11.9. The zero-order valence-corrected chi connectivity index (χ0v) is 12.3. The highest BCUT2D eigenvalue weighted by Gasteiger charge is 2.20. The SMILES string of the molecule is CCSc1ccc(Cl)cc1C(=O)NC(CC)C(=O)O. The second kappa shape index (κ2) is 7.40. The highest BCUT2D eigenvalue weighted by atomic mass is 35.5. The fourth-order valence-electron chi connectivity index (χ4n) is 1.54. The molecule has 104 valence electrons. The Kier molecular flexibility index (Phi) is 6.18. The highest BCUT2D eigenvalue weighted by molar-refractivity contribution is 7.99. The van der Waals surface area contributed by atoms with Gasteiger partial charge in [0.05, 0.1) is 5.56 Å². The van der Waals surface area contributed by atoms with E-state index in [4.69, 9.17) is 16.7 Å². The number of carboxylic acids is 1. The van der Waals surface area contributed by atoms with Crippen molar-refractivity contribution in [1.29, 1.82) is 0 Å². The molecule has 4 nitrogen and oxygen atoms in total. The Morgan fingerprint density at radius 1 is 1.42 bits per heavy atom. The molecule has 0 aliphatic heterocycles. The van der Waals surface area contributed by atoms with Gasteiger partial charge < -0.3 is 10.4 Å². The van der Waals surface area contributed by atoms with Gasteiger partial charge in [0.1, 0.15) is 6.04 Å². The summed E-state index contributed by atoms with van der Waals surface area (Å²) in [6, 6.07) is 4.16. The number of nitrogens with one attached hydrogen (secondary N) is 1. The number of hydrogen-bond acceptors (Lipinski definition) is 3. The Labute approximate surface area is 121 Å². The molecule has 0 aromatic heterocycles. The quantitative estimate of drug-likeness (QED) is 0.793. The summed E-state index contributed by atoms with van der Waals surface area (Å²) in [7, 11) is 0. The lowest BCUT2D eigenvalue weighted by Gasteiger charge is -2.14. The van der Waals surface area contributed by atoms with Crippen molar-refractivity contribution < 1.29 is 14.7 Å². The summed E-state index contributed by atoms with van der Waals surface area (Å²) in [6.45, 7) is 3.69. The number of amides is 1. The van der Waals surface area contributed by atoms with E-state index in [9.17, 15) is 9.59 Å². The van der Waals surface area contributed by atoms with E-state index < -0.39 is 17.9 Å². The molecule has 1 aromatic rings. The minimum Gasteiger partial charge on any atom is -0.480 e. The zero-order valence-electron chi connectivity index (χ0n) is 10.8. The van der Waals surface area contributed by atoms with Gasteiger partial charge in [-0.05, 0) is 30.4 Å². The number of carbonyl (C=O) groups is 2. The Bertz CT molecular complexity index is 479. The van der Waals surface area contributed by atoms with E-state index in [-0.39, 0.29) is 0 Å². The Morgan fingerprint density at radius 3 is 2.63 bits per heavy atom. The molecule has 0 radical (unpaired) electrons. The minimum atomic E-state index is -1.04. The van der Waals surface area contributed by atoms with Crippen LogP contribution >= 0.6 is 23.4 Å². The van der Waals surface area contributed by atoms with Crippen LogP contribution in [0.4, 0.5) is 0 Å². The standard InChI is InChI=1S/C13H16ClNO3S/c1-3-10(13(17)18)15-12(16)9-7-8(14)5-6-11(9)19-4-2/h5-7,10H,3-4H2,1-2H3,(H,15,16)(H,17,18). The summed E-state index contributed by atoms with van der Waals surface area (Å²) in [5.74, 6) is -0.631. The fraction of sp³-hybridized carbons (Fsp3) is 0.385. The molecule has 0 aliphatic carbocycles. The topological polar surface area (TPSA) is 66.4 Å². The molecule has 1 atom stereocenters. The first-order chi connectivity index (χ1) is 8.99. The maximum atomic E-state index is 12.1. The van der Waals surface area contributed by atoms with E-state index in [1.807, 2.05) is 6.92 Å². The van der Waals surface area contributed by atoms with Gasteiger partial charge in [0.25, 0.3) is 5.91 Å². The van der Waals surface area contributed by atoms with E-state index in [2.05, 4.69) is 5.32 Å². The van der Waals surface area contributed by atoms with Crippen LogP contribution in [0.15, 0.2) is 23.1 Å². The molecule has 0 fully saturated rings. The van der Waals surface area contributed by atoms with Gasteiger partial charge >= 0.3 is 5.97 Å². The van der Waals surface area contributed by atoms with Gasteiger partial charge in [0.15, 0.2) is 0 Å². The average molecular weight is 302 g/mol. The second-order valence-corrected chi connectivity index (χ2v) is 5.59. The molecule has 6 heteroatoms. The fourth-order valence-corrected chi connectivity index (χ4v) is 2.49. The monoisotopic (exact) mass is 301 g/mol. The molecule has 0 spiro atoms. The number of carbonyl (C=O) groups excluding carboxylic acids is 1. The van der Waals surface area contributed by atoms with Crippen LogP contribution in [0.5, 0.6) is 0 Å². The lowest BCUT2D eigenvalue weighted by atomic mass is 10.1. The number of benzene rings is 1. The molecular formula is C13H16ClNO3S. The largest absolute Gasteiger partial charge is 0.480 e. The van der Waals surface area contributed by atoms with Crippen LogP contribution in [0.1, 0.15) is 30.6 Å². The van der Waals surface area contributed by atoms with Crippen molar-refractivity contribution in [2.45, 2.75) is 31.2 Å². The van der Waals surface area contributed by atoms with Crippen molar-refractivity contribution in [1.82, 2.24) is 5.32 Å². The van der Waals surface area contributed by atoms with E-state index in [0.29, 0.717) is 17.0 Å². The summed E-state index contributed by atoms with van der Waals surface area (Å²) in [4.78, 5) is 23.8. The summed E-state index contributed by atoms with van der Waals surface area (Å²) >= 11 is 7.40. The Balaban J connectivity index is 2.97. The molecule has 0 saturated heterocycles. The number of halogens is 1. The van der Waals surface area contributed by atoms with Gasteiger partial charge in [-0.3, -0.25) is 4.79 Å². The first-order valence-electron chi connectivity index (χ1n) is 5.95. The number of carboxylic acid groups (broad SMARTS) is 1. The molecule has 0 heterocycles. The van der Waals surface area contributed by atoms with Crippen molar-refractivity contribution in [3.8, 4) is 0 Å². The van der Waals surface area contributed by atoms with E-state index >= 15 is 0 Å². The predicted octanol–water partition coefficient (Wildman–Crippen LogP) is 3.05. The molecule has 1 aromatic carbocycles. The lowest BCUT2D eigenvalue weighted by molar-refractivity contribution is -0.139. The molecule has 0 aliphatic rings. The molecule has 19 heavy (non-hydrogen) atoms. The van der Waals surface area contributed by atoms with E-state index in [1.54, 1.807) is 25.1 Å². The van der Waals surface area contributed by atoms with Crippen LogP contribution in [-0.2, 0) is 4.79 Å². The number of rotatable bonds is 6. The van der Waals surface area contributed by atoms with Gasteiger partial charge in [-0.15, -0.1) is 11.8 Å². The third-order valence-electron chi connectivity index (χ3n) is 2.50. The lowest BCUT2D eigenvalue weighted by Crippen LogP contribution is -2.40.